The highest BCUT2D eigenvalue weighted by Crippen LogP contribution is 2.19. The number of ether oxygens (including phenoxy) is 1. The lowest BCUT2D eigenvalue weighted by molar-refractivity contribution is 0.0523. The van der Waals surface area contributed by atoms with Crippen LogP contribution in [0.1, 0.15) is 38.8 Å². The molecule has 4 nitrogen and oxygen atoms in total. The van der Waals surface area contributed by atoms with E-state index in [9.17, 15) is 9.59 Å². The van der Waals surface area contributed by atoms with E-state index in [-0.39, 0.29) is 18.1 Å². The molecule has 1 N–H and O–H groups in total. The molecule has 0 aliphatic carbocycles. The summed E-state index contributed by atoms with van der Waals surface area (Å²) >= 11 is 0. The Labute approximate surface area is 130 Å². The van der Waals surface area contributed by atoms with Gasteiger partial charge in [0, 0.05) is 5.69 Å². The molecule has 0 bridgehead atoms. The molecule has 22 heavy (non-hydrogen) atoms. The van der Waals surface area contributed by atoms with Crippen molar-refractivity contribution in [2.24, 2.45) is 0 Å². The highest BCUT2D eigenvalue weighted by molar-refractivity contribution is 6.12. The molecule has 1 amide bonds. The number of hydrogen-bond acceptors (Lipinski definition) is 3. The summed E-state index contributed by atoms with van der Waals surface area (Å²) < 4.78 is 5.03. The third-order valence-corrected chi connectivity index (χ3v) is 3.39. The minimum atomic E-state index is -0.485. The number of hydrogen-bond donors (Lipinski definition) is 1. The highest BCUT2D eigenvalue weighted by Gasteiger charge is 2.20. The van der Waals surface area contributed by atoms with Crippen molar-refractivity contribution in [1.29, 1.82) is 0 Å². The van der Waals surface area contributed by atoms with Crippen molar-refractivity contribution < 1.29 is 14.3 Å². The summed E-state index contributed by atoms with van der Waals surface area (Å²) in [5.74, 6) is -0.795. The van der Waals surface area contributed by atoms with Gasteiger partial charge in [-0.15, -0.1) is 0 Å². The van der Waals surface area contributed by atoms with Crippen LogP contribution in [0.15, 0.2) is 42.5 Å². The Bertz CT molecular complexity index is 707. The van der Waals surface area contributed by atoms with Crippen molar-refractivity contribution in [2.75, 3.05) is 11.9 Å². The number of carbonyl (C=O) groups excluding carboxylic acids is 2. The first-order valence-electron chi connectivity index (χ1n) is 7.18. The van der Waals surface area contributed by atoms with Gasteiger partial charge in [0.25, 0.3) is 5.91 Å². The maximum absolute atomic E-state index is 12.6. The van der Waals surface area contributed by atoms with Gasteiger partial charge in [0.15, 0.2) is 0 Å². The van der Waals surface area contributed by atoms with Crippen LogP contribution < -0.4 is 5.32 Å². The SMILES string of the molecule is CCOC(=O)c1cccc(C)c1C(=O)Nc1ccccc1C. The number of amides is 1. The molecule has 0 fully saturated rings. The molecule has 2 aromatic rings. The number of nitrogens with one attached hydrogen (secondary N) is 1. The summed E-state index contributed by atoms with van der Waals surface area (Å²) in [6.07, 6.45) is 0. The monoisotopic (exact) mass is 297 g/mol. The fraction of sp³-hybridized carbons (Fsp3) is 0.222. The highest BCUT2D eigenvalue weighted by atomic mass is 16.5. The van der Waals surface area contributed by atoms with Crippen LogP contribution in [-0.4, -0.2) is 18.5 Å². The van der Waals surface area contributed by atoms with E-state index >= 15 is 0 Å². The smallest absolute Gasteiger partial charge is 0.338 e. The van der Waals surface area contributed by atoms with Crippen molar-refractivity contribution in [3.05, 3.63) is 64.7 Å². The van der Waals surface area contributed by atoms with E-state index in [1.54, 1.807) is 32.0 Å². The summed E-state index contributed by atoms with van der Waals surface area (Å²) in [4.78, 5) is 24.6. The van der Waals surface area contributed by atoms with Crippen molar-refractivity contribution >= 4 is 17.6 Å². The molecule has 114 valence electrons. The molecule has 0 aliphatic rings. The Kier molecular flexibility index (Phi) is 4.94. The molecular weight excluding hydrogens is 278 g/mol. The van der Waals surface area contributed by atoms with Gasteiger partial charge in [0.05, 0.1) is 17.7 Å². The number of esters is 1. The first-order valence-corrected chi connectivity index (χ1v) is 7.18. The van der Waals surface area contributed by atoms with E-state index in [0.717, 1.165) is 16.8 Å². The molecule has 0 saturated carbocycles. The summed E-state index contributed by atoms with van der Waals surface area (Å²) in [6.45, 7) is 5.72. The van der Waals surface area contributed by atoms with Crippen LogP contribution in [-0.2, 0) is 4.74 Å². The van der Waals surface area contributed by atoms with E-state index < -0.39 is 5.97 Å². The van der Waals surface area contributed by atoms with Gasteiger partial charge in [0.1, 0.15) is 0 Å². The number of aryl methyl sites for hydroxylation is 2. The molecule has 0 unspecified atom stereocenters. The second-order valence-electron chi connectivity index (χ2n) is 4.99. The van der Waals surface area contributed by atoms with Gasteiger partial charge in [-0.3, -0.25) is 4.79 Å². The Hall–Kier alpha value is -2.62. The molecule has 2 rings (SSSR count). The predicted octanol–water partition coefficient (Wildman–Crippen LogP) is 3.73. The van der Waals surface area contributed by atoms with E-state index in [2.05, 4.69) is 5.32 Å². The van der Waals surface area contributed by atoms with Gasteiger partial charge < -0.3 is 10.1 Å². The van der Waals surface area contributed by atoms with Gasteiger partial charge in [0.2, 0.25) is 0 Å². The molecule has 0 saturated heterocycles. The minimum Gasteiger partial charge on any atom is -0.462 e. The van der Waals surface area contributed by atoms with Crippen molar-refractivity contribution in [3.8, 4) is 0 Å². The summed E-state index contributed by atoms with van der Waals surface area (Å²) in [5.41, 5.74) is 3.06. The van der Waals surface area contributed by atoms with Crippen LogP contribution in [0.2, 0.25) is 0 Å². The van der Waals surface area contributed by atoms with Crippen LogP contribution in [0.25, 0.3) is 0 Å². The van der Waals surface area contributed by atoms with Gasteiger partial charge in [-0.25, -0.2) is 4.79 Å². The molecule has 0 heterocycles. The lowest BCUT2D eigenvalue weighted by Gasteiger charge is -2.13. The second-order valence-corrected chi connectivity index (χ2v) is 4.99. The molecule has 0 aromatic heterocycles. The van der Waals surface area contributed by atoms with Gasteiger partial charge in [-0.1, -0.05) is 30.3 Å². The quantitative estimate of drug-likeness (QED) is 0.875. The maximum Gasteiger partial charge on any atom is 0.338 e. The third-order valence-electron chi connectivity index (χ3n) is 3.39. The van der Waals surface area contributed by atoms with E-state index in [1.165, 1.54) is 0 Å². The zero-order valence-electron chi connectivity index (χ0n) is 13.0. The topological polar surface area (TPSA) is 55.4 Å². The molecular formula is C18H19NO3. The summed E-state index contributed by atoms with van der Waals surface area (Å²) in [5, 5.41) is 2.86. The Morgan fingerprint density at radius 3 is 2.36 bits per heavy atom. The molecule has 4 heteroatoms. The molecule has 0 atom stereocenters. The van der Waals surface area contributed by atoms with Gasteiger partial charge >= 0.3 is 5.97 Å². The fourth-order valence-electron chi connectivity index (χ4n) is 2.25. The summed E-state index contributed by atoms with van der Waals surface area (Å²) in [7, 11) is 0. The first-order chi connectivity index (χ1) is 10.5. The lowest BCUT2D eigenvalue weighted by Crippen LogP contribution is -2.19. The molecule has 0 spiro atoms. The predicted molar refractivity (Wildman–Crippen MR) is 86.3 cm³/mol. The van der Waals surface area contributed by atoms with Crippen LogP contribution >= 0.6 is 0 Å². The van der Waals surface area contributed by atoms with Crippen molar-refractivity contribution in [2.45, 2.75) is 20.8 Å². The van der Waals surface area contributed by atoms with Crippen molar-refractivity contribution in [3.63, 3.8) is 0 Å². The van der Waals surface area contributed by atoms with Crippen LogP contribution in [0.4, 0.5) is 5.69 Å². The minimum absolute atomic E-state index is 0.269. The molecule has 2 aromatic carbocycles. The van der Waals surface area contributed by atoms with Crippen molar-refractivity contribution in [1.82, 2.24) is 0 Å². The van der Waals surface area contributed by atoms with E-state index in [0.29, 0.717) is 5.56 Å². The van der Waals surface area contributed by atoms with Gasteiger partial charge in [-0.2, -0.15) is 0 Å². The number of carbonyl (C=O) groups is 2. The molecule has 0 aliphatic heterocycles. The molecule has 0 radical (unpaired) electrons. The van der Waals surface area contributed by atoms with E-state index in [4.69, 9.17) is 4.74 Å². The van der Waals surface area contributed by atoms with Gasteiger partial charge in [-0.05, 0) is 44.0 Å². The summed E-state index contributed by atoms with van der Waals surface area (Å²) in [6, 6.07) is 12.7. The fourth-order valence-corrected chi connectivity index (χ4v) is 2.25. The average Bonchev–Trinajstić information content (AvgIpc) is 2.49. The largest absolute Gasteiger partial charge is 0.462 e. The Morgan fingerprint density at radius 1 is 1.00 bits per heavy atom. The number of anilines is 1. The standard InChI is InChI=1S/C18H19NO3/c1-4-22-18(21)14-10-7-9-13(3)16(14)17(20)19-15-11-6-5-8-12(15)2/h5-11H,4H2,1-3H3,(H,19,20). The van der Waals surface area contributed by atoms with E-state index in [1.807, 2.05) is 31.2 Å². The van der Waals surface area contributed by atoms with Crippen LogP contribution in [0, 0.1) is 13.8 Å². The van der Waals surface area contributed by atoms with Crippen LogP contribution in [0.3, 0.4) is 0 Å². The lowest BCUT2D eigenvalue weighted by atomic mass is 10.0. The number of benzene rings is 2. The zero-order chi connectivity index (χ0) is 16.1. The third kappa shape index (κ3) is 3.34. The normalized spacial score (nSPS) is 10.1. The average molecular weight is 297 g/mol. The zero-order valence-corrected chi connectivity index (χ0v) is 13.0. The Morgan fingerprint density at radius 2 is 1.68 bits per heavy atom. The number of rotatable bonds is 4. The maximum atomic E-state index is 12.6. The number of para-hydroxylation sites is 1. The second kappa shape index (κ2) is 6.89. The van der Waals surface area contributed by atoms with Crippen LogP contribution in [0.5, 0.6) is 0 Å². The first kappa shape index (κ1) is 15.8. The Balaban J connectivity index is 2.37.